The first-order valence-electron chi connectivity index (χ1n) is 6.03. The molecule has 1 amide bonds. The van der Waals surface area contributed by atoms with Crippen molar-refractivity contribution in [3.8, 4) is 0 Å². The lowest BCUT2D eigenvalue weighted by atomic mass is 10.0. The second-order valence-electron chi connectivity index (χ2n) is 4.33. The number of amides is 1. The molecule has 1 rings (SSSR count). The average molecular weight is 235 g/mol. The van der Waals surface area contributed by atoms with E-state index in [0.717, 1.165) is 12.2 Å². The SMILES string of the molecule is CCC(C)C(C)NC(=O)c1ccc(NC)nc1. The predicted octanol–water partition coefficient (Wildman–Crippen LogP) is 2.29. The summed E-state index contributed by atoms with van der Waals surface area (Å²) in [7, 11) is 1.80. The minimum Gasteiger partial charge on any atom is -0.373 e. The van der Waals surface area contributed by atoms with Gasteiger partial charge in [0.15, 0.2) is 0 Å². The van der Waals surface area contributed by atoms with Gasteiger partial charge in [-0.1, -0.05) is 20.3 Å². The number of nitrogens with zero attached hydrogens (tertiary/aromatic N) is 1. The van der Waals surface area contributed by atoms with Gasteiger partial charge >= 0.3 is 0 Å². The molecular formula is C13H21N3O. The van der Waals surface area contributed by atoms with Gasteiger partial charge in [-0.2, -0.15) is 0 Å². The fraction of sp³-hybridized carbons (Fsp3) is 0.538. The number of aromatic nitrogens is 1. The van der Waals surface area contributed by atoms with Crippen molar-refractivity contribution in [2.45, 2.75) is 33.2 Å². The Morgan fingerprint density at radius 3 is 2.59 bits per heavy atom. The van der Waals surface area contributed by atoms with Gasteiger partial charge in [-0.25, -0.2) is 4.98 Å². The molecule has 0 aliphatic carbocycles. The Kier molecular flexibility index (Phi) is 4.94. The molecule has 0 aromatic carbocycles. The molecule has 1 aromatic heterocycles. The van der Waals surface area contributed by atoms with Gasteiger partial charge in [-0.3, -0.25) is 4.79 Å². The molecule has 1 heterocycles. The first-order valence-corrected chi connectivity index (χ1v) is 6.03. The summed E-state index contributed by atoms with van der Waals surface area (Å²) < 4.78 is 0. The van der Waals surface area contributed by atoms with Crippen LogP contribution in [0.5, 0.6) is 0 Å². The number of rotatable bonds is 5. The van der Waals surface area contributed by atoms with Crippen LogP contribution in [0.1, 0.15) is 37.6 Å². The zero-order valence-electron chi connectivity index (χ0n) is 10.9. The zero-order chi connectivity index (χ0) is 12.8. The molecule has 2 atom stereocenters. The summed E-state index contributed by atoms with van der Waals surface area (Å²) >= 11 is 0. The smallest absolute Gasteiger partial charge is 0.253 e. The summed E-state index contributed by atoms with van der Waals surface area (Å²) in [4.78, 5) is 16.0. The summed E-state index contributed by atoms with van der Waals surface area (Å²) in [5, 5.41) is 5.90. The largest absolute Gasteiger partial charge is 0.373 e. The van der Waals surface area contributed by atoms with E-state index in [1.165, 1.54) is 0 Å². The molecule has 0 aliphatic heterocycles. The Hall–Kier alpha value is -1.58. The van der Waals surface area contributed by atoms with Gasteiger partial charge in [-0.15, -0.1) is 0 Å². The topological polar surface area (TPSA) is 54.0 Å². The van der Waals surface area contributed by atoms with Gasteiger partial charge < -0.3 is 10.6 Å². The van der Waals surface area contributed by atoms with E-state index in [4.69, 9.17) is 0 Å². The van der Waals surface area contributed by atoms with Crippen molar-refractivity contribution >= 4 is 11.7 Å². The monoisotopic (exact) mass is 235 g/mol. The van der Waals surface area contributed by atoms with Crippen LogP contribution in [0, 0.1) is 5.92 Å². The van der Waals surface area contributed by atoms with Crippen molar-refractivity contribution in [2.24, 2.45) is 5.92 Å². The van der Waals surface area contributed by atoms with Crippen LogP contribution in [0.2, 0.25) is 0 Å². The van der Waals surface area contributed by atoms with Crippen LogP contribution in [0.25, 0.3) is 0 Å². The predicted molar refractivity (Wildman–Crippen MR) is 70.2 cm³/mol. The molecule has 2 unspecified atom stereocenters. The highest BCUT2D eigenvalue weighted by Crippen LogP contribution is 2.09. The molecule has 94 valence electrons. The van der Waals surface area contributed by atoms with Gasteiger partial charge in [0.1, 0.15) is 5.82 Å². The third-order valence-electron chi connectivity index (χ3n) is 3.14. The van der Waals surface area contributed by atoms with Crippen molar-refractivity contribution in [1.29, 1.82) is 0 Å². The fourth-order valence-electron chi connectivity index (χ4n) is 1.46. The van der Waals surface area contributed by atoms with Gasteiger partial charge in [0.05, 0.1) is 5.56 Å². The van der Waals surface area contributed by atoms with Crippen LogP contribution in [-0.4, -0.2) is 24.0 Å². The Morgan fingerprint density at radius 1 is 1.41 bits per heavy atom. The van der Waals surface area contributed by atoms with Gasteiger partial charge in [0, 0.05) is 19.3 Å². The Bertz CT molecular complexity index is 361. The maximum Gasteiger partial charge on any atom is 0.253 e. The van der Waals surface area contributed by atoms with Crippen molar-refractivity contribution in [3.63, 3.8) is 0 Å². The van der Waals surface area contributed by atoms with E-state index in [1.54, 1.807) is 25.4 Å². The highest BCUT2D eigenvalue weighted by Gasteiger charge is 2.14. The molecule has 0 saturated heterocycles. The van der Waals surface area contributed by atoms with E-state index in [0.29, 0.717) is 11.5 Å². The Morgan fingerprint density at radius 2 is 2.12 bits per heavy atom. The van der Waals surface area contributed by atoms with Crippen LogP contribution < -0.4 is 10.6 Å². The van der Waals surface area contributed by atoms with Crippen LogP contribution in [0.3, 0.4) is 0 Å². The molecule has 0 fully saturated rings. The summed E-state index contributed by atoms with van der Waals surface area (Å²) in [6, 6.07) is 3.75. The van der Waals surface area contributed by atoms with Crippen LogP contribution >= 0.6 is 0 Å². The van der Waals surface area contributed by atoms with E-state index in [1.807, 2.05) is 6.92 Å². The van der Waals surface area contributed by atoms with E-state index < -0.39 is 0 Å². The molecule has 2 N–H and O–H groups in total. The van der Waals surface area contributed by atoms with Gasteiger partial charge in [0.2, 0.25) is 0 Å². The number of anilines is 1. The molecule has 17 heavy (non-hydrogen) atoms. The molecule has 4 nitrogen and oxygen atoms in total. The van der Waals surface area contributed by atoms with Crippen LogP contribution in [0.4, 0.5) is 5.82 Å². The number of nitrogens with one attached hydrogen (secondary N) is 2. The average Bonchev–Trinajstić information content (AvgIpc) is 2.37. The minimum absolute atomic E-state index is 0.0621. The Labute approximate surface area is 103 Å². The second-order valence-corrected chi connectivity index (χ2v) is 4.33. The van der Waals surface area contributed by atoms with E-state index >= 15 is 0 Å². The number of hydrogen-bond donors (Lipinski definition) is 2. The van der Waals surface area contributed by atoms with Gasteiger partial charge in [-0.05, 0) is 25.0 Å². The molecule has 4 heteroatoms. The third-order valence-corrected chi connectivity index (χ3v) is 3.14. The second kappa shape index (κ2) is 6.23. The number of hydrogen-bond acceptors (Lipinski definition) is 3. The molecule has 0 spiro atoms. The Balaban J connectivity index is 2.63. The third kappa shape index (κ3) is 3.73. The highest BCUT2D eigenvalue weighted by atomic mass is 16.1. The van der Waals surface area contributed by atoms with Crippen molar-refractivity contribution < 1.29 is 4.79 Å². The molecule has 0 aliphatic rings. The standard InChI is InChI=1S/C13H21N3O/c1-5-9(2)10(3)16-13(17)11-6-7-12(14-4)15-8-11/h6-10H,5H2,1-4H3,(H,14,15)(H,16,17). The number of carbonyl (C=O) groups excluding carboxylic acids is 1. The normalized spacial score (nSPS) is 13.9. The van der Waals surface area contributed by atoms with Crippen LogP contribution in [-0.2, 0) is 0 Å². The van der Waals surface area contributed by atoms with E-state index in [9.17, 15) is 4.79 Å². The van der Waals surface area contributed by atoms with Crippen molar-refractivity contribution in [3.05, 3.63) is 23.9 Å². The van der Waals surface area contributed by atoms with Crippen molar-refractivity contribution in [2.75, 3.05) is 12.4 Å². The number of carbonyl (C=O) groups is 1. The van der Waals surface area contributed by atoms with Gasteiger partial charge in [0.25, 0.3) is 5.91 Å². The van der Waals surface area contributed by atoms with E-state index in [-0.39, 0.29) is 11.9 Å². The molecule has 1 aromatic rings. The summed E-state index contributed by atoms with van der Waals surface area (Å²) in [6.07, 6.45) is 2.64. The van der Waals surface area contributed by atoms with E-state index in [2.05, 4.69) is 29.5 Å². The summed E-state index contributed by atoms with van der Waals surface area (Å²) in [6.45, 7) is 6.28. The maximum absolute atomic E-state index is 11.9. The first kappa shape index (κ1) is 13.5. The zero-order valence-corrected chi connectivity index (χ0v) is 10.9. The molecule has 0 radical (unpaired) electrons. The molecule has 0 bridgehead atoms. The maximum atomic E-state index is 11.9. The molecular weight excluding hydrogens is 214 g/mol. The quantitative estimate of drug-likeness (QED) is 0.823. The lowest BCUT2D eigenvalue weighted by molar-refractivity contribution is 0.0928. The lowest BCUT2D eigenvalue weighted by Crippen LogP contribution is -2.36. The molecule has 0 saturated carbocycles. The minimum atomic E-state index is -0.0621. The summed E-state index contributed by atoms with van der Waals surface area (Å²) in [5.74, 6) is 1.17. The summed E-state index contributed by atoms with van der Waals surface area (Å²) in [5.41, 5.74) is 0.596. The number of pyridine rings is 1. The van der Waals surface area contributed by atoms with Crippen LogP contribution in [0.15, 0.2) is 18.3 Å². The fourth-order valence-corrected chi connectivity index (χ4v) is 1.46. The first-order chi connectivity index (χ1) is 8.08. The lowest BCUT2D eigenvalue weighted by Gasteiger charge is -2.19. The highest BCUT2D eigenvalue weighted by molar-refractivity contribution is 5.94. The van der Waals surface area contributed by atoms with Crippen molar-refractivity contribution in [1.82, 2.24) is 10.3 Å².